The minimum absolute atomic E-state index is 0.0549. The molecular formula is C44H73NO13. The van der Waals surface area contributed by atoms with Crippen molar-refractivity contribution in [3.8, 4) is 0 Å². The van der Waals surface area contributed by atoms with Crippen LogP contribution < -0.4 is 0 Å². The number of aliphatic hydroxyl groups excluding tert-OH is 2. The molecule has 0 aromatic carbocycles. The molecule has 4 aliphatic rings. The number of aliphatic hydroxyl groups is 2. The number of hydrogen-bond acceptors (Lipinski definition) is 14. The molecule has 3 saturated heterocycles. The van der Waals surface area contributed by atoms with Crippen molar-refractivity contribution in [2.24, 2.45) is 29.6 Å². The molecule has 2 N–H and O–H groups in total. The van der Waals surface area contributed by atoms with Crippen LogP contribution in [0, 0.1) is 29.6 Å². The summed E-state index contributed by atoms with van der Waals surface area (Å²) in [5, 5.41) is 22.5. The number of nitrogens with zero attached hydrogens (tertiary/aromatic N) is 1. The van der Waals surface area contributed by atoms with Gasteiger partial charge in [0.25, 0.3) is 0 Å². The van der Waals surface area contributed by atoms with Gasteiger partial charge in [-0.1, -0.05) is 51.5 Å². The van der Waals surface area contributed by atoms with Crippen LogP contribution >= 0.6 is 0 Å². The number of likely N-dealkylation sites (N-methyl/N-ethyl adjacent to an activating group) is 1. The molecule has 14 nitrogen and oxygen atoms in total. The topological polar surface area (TPSA) is 161 Å². The molecule has 4 aliphatic heterocycles. The van der Waals surface area contributed by atoms with Gasteiger partial charge in [-0.15, -0.1) is 6.58 Å². The molecule has 4 heterocycles. The summed E-state index contributed by atoms with van der Waals surface area (Å²) in [4.78, 5) is 29.8. The number of carbonyl (C=O) groups excluding carboxylic acids is 2. The van der Waals surface area contributed by atoms with Crippen molar-refractivity contribution in [2.45, 2.75) is 154 Å². The molecule has 0 aromatic rings. The Kier molecular flexibility index (Phi) is 19.0. The van der Waals surface area contributed by atoms with Crippen LogP contribution in [-0.4, -0.2) is 155 Å². The smallest absolute Gasteiger partial charge is 0.308 e. The standard InChI is InChI=1S/C44H73NO13/c1-13-32-23-52-18-17-30-20-25(4)33(46)16-15-24(3)19-31(22-53-44-42(51-12)41(50-11)26(5)28(7)54-44)34(14-2)57-36(47)21-35(56-32)27(6)40(30)58-43-39(49)37(45(9)10)38(48)29(8)55-43/h13,15-16,19,25-32,34-35,37-44,48-49H,1,14,17-18,20-23H2,2-12H3/b16-15+,24-19+/t25-,26-,27+,28?,29?,30+,31-,32?,34-,35-,37?,38-,39?,40-,41+,42?,43+,44-/m1/s1. The highest BCUT2D eigenvalue weighted by atomic mass is 16.7. The van der Waals surface area contributed by atoms with E-state index in [1.54, 1.807) is 58.4 Å². The molecule has 0 saturated carbocycles. The lowest BCUT2D eigenvalue weighted by atomic mass is 9.79. The van der Waals surface area contributed by atoms with Gasteiger partial charge in [-0.05, 0) is 66.1 Å². The molecule has 0 aliphatic carbocycles. The number of methoxy groups -OCH3 is 2. The Morgan fingerprint density at radius 3 is 2.24 bits per heavy atom. The van der Waals surface area contributed by atoms with Gasteiger partial charge in [0.1, 0.15) is 18.3 Å². The molecule has 14 heteroatoms. The number of fused-ring (bicyclic) bond motifs is 3. The Morgan fingerprint density at radius 2 is 1.60 bits per heavy atom. The molecule has 0 aromatic heterocycles. The largest absolute Gasteiger partial charge is 0.462 e. The highest BCUT2D eigenvalue weighted by molar-refractivity contribution is 5.91. The maximum atomic E-state index is 14.2. The van der Waals surface area contributed by atoms with Crippen molar-refractivity contribution < 1.29 is 62.4 Å². The second-order valence-corrected chi connectivity index (χ2v) is 17.1. The van der Waals surface area contributed by atoms with Crippen molar-refractivity contribution >= 4 is 11.8 Å². The Morgan fingerprint density at radius 1 is 0.914 bits per heavy atom. The summed E-state index contributed by atoms with van der Waals surface area (Å²) in [6.45, 7) is 18.2. The van der Waals surface area contributed by atoms with E-state index < -0.39 is 91.2 Å². The average Bonchev–Trinajstić information content (AvgIpc) is 3.18. The van der Waals surface area contributed by atoms with Gasteiger partial charge >= 0.3 is 5.97 Å². The maximum absolute atomic E-state index is 14.2. The fourth-order valence-corrected chi connectivity index (χ4v) is 8.89. The van der Waals surface area contributed by atoms with Crippen LogP contribution in [0.15, 0.2) is 36.5 Å². The first-order valence-electron chi connectivity index (χ1n) is 21.2. The number of cyclic esters (lactones) is 1. The zero-order valence-electron chi connectivity index (χ0n) is 36.7. The number of ketones is 1. The zero-order chi connectivity index (χ0) is 42.8. The summed E-state index contributed by atoms with van der Waals surface area (Å²) in [6, 6.07) is -0.661. The van der Waals surface area contributed by atoms with E-state index in [0.717, 1.165) is 5.57 Å². The van der Waals surface area contributed by atoms with Gasteiger partial charge in [0.05, 0.1) is 68.4 Å². The third kappa shape index (κ3) is 12.3. The molecule has 0 spiro atoms. The summed E-state index contributed by atoms with van der Waals surface area (Å²) < 4.78 is 56.3. The Labute approximate surface area is 346 Å². The SMILES string of the molecule is C=CC1COCC[C@H]2C[C@@H](C)C(=O)/C=C/C(C)=C/[C@H](CO[C@@H]3OC(C)[C@@H](C)[C@H](OC)C3OC)[C@@H](CC)OC(=O)C[C@@H](O1)[C@H](C)[C@H]2O[C@@H]1OC(C)[C@@H](O)C(N(C)C)C1O. The molecule has 2 bridgehead atoms. The number of carbonyl (C=O) groups is 2. The molecular weight excluding hydrogens is 750 g/mol. The Hall–Kier alpha value is -2.08. The molecule has 58 heavy (non-hydrogen) atoms. The fourth-order valence-electron chi connectivity index (χ4n) is 8.89. The van der Waals surface area contributed by atoms with E-state index in [9.17, 15) is 19.8 Å². The van der Waals surface area contributed by atoms with Crippen LogP contribution in [0.3, 0.4) is 0 Å². The first-order valence-corrected chi connectivity index (χ1v) is 21.2. The van der Waals surface area contributed by atoms with Crippen LogP contribution in [0.4, 0.5) is 0 Å². The summed E-state index contributed by atoms with van der Waals surface area (Å²) in [5.41, 5.74) is 0.805. The van der Waals surface area contributed by atoms with Crippen molar-refractivity contribution in [1.29, 1.82) is 0 Å². The van der Waals surface area contributed by atoms with E-state index >= 15 is 0 Å². The molecule has 18 atom stereocenters. The van der Waals surface area contributed by atoms with E-state index in [4.69, 9.17) is 42.6 Å². The van der Waals surface area contributed by atoms with Gasteiger partial charge in [0, 0.05) is 44.5 Å². The van der Waals surface area contributed by atoms with Crippen LogP contribution in [-0.2, 0) is 52.2 Å². The number of allylic oxidation sites excluding steroid dienone is 3. The maximum Gasteiger partial charge on any atom is 0.308 e. The molecule has 0 radical (unpaired) electrons. The summed E-state index contributed by atoms with van der Waals surface area (Å²) >= 11 is 0. The summed E-state index contributed by atoms with van der Waals surface area (Å²) in [7, 11) is 6.83. The predicted octanol–water partition coefficient (Wildman–Crippen LogP) is 4.25. The van der Waals surface area contributed by atoms with E-state index in [1.165, 1.54) is 0 Å². The summed E-state index contributed by atoms with van der Waals surface area (Å²) in [6.07, 6.45) is 0.272. The minimum atomic E-state index is -1.20. The highest BCUT2D eigenvalue weighted by Crippen LogP contribution is 2.37. The summed E-state index contributed by atoms with van der Waals surface area (Å²) in [5.74, 6) is -2.01. The highest BCUT2D eigenvalue weighted by Gasteiger charge is 2.48. The fraction of sp³-hybridized carbons (Fsp3) is 0.818. The van der Waals surface area contributed by atoms with Crippen LogP contribution in [0.5, 0.6) is 0 Å². The molecule has 0 amide bonds. The number of ether oxygens (including phenoxy) is 9. The van der Waals surface area contributed by atoms with Crippen molar-refractivity contribution in [3.05, 3.63) is 36.5 Å². The van der Waals surface area contributed by atoms with Gasteiger partial charge in [-0.2, -0.15) is 0 Å². The predicted molar refractivity (Wildman–Crippen MR) is 217 cm³/mol. The zero-order valence-corrected chi connectivity index (χ0v) is 36.7. The van der Waals surface area contributed by atoms with Gasteiger partial charge in [0.2, 0.25) is 0 Å². The van der Waals surface area contributed by atoms with E-state index in [0.29, 0.717) is 25.9 Å². The second-order valence-electron chi connectivity index (χ2n) is 17.1. The quantitative estimate of drug-likeness (QED) is 0.238. The van der Waals surface area contributed by atoms with E-state index in [2.05, 4.69) is 13.5 Å². The molecule has 4 rings (SSSR count). The number of rotatable bonds is 10. The molecule has 3 fully saturated rings. The van der Waals surface area contributed by atoms with E-state index in [1.807, 2.05) is 40.7 Å². The van der Waals surface area contributed by atoms with Gasteiger partial charge in [-0.3, -0.25) is 9.59 Å². The first kappa shape index (κ1) is 48.6. The lowest BCUT2D eigenvalue weighted by Gasteiger charge is -2.47. The second kappa shape index (κ2) is 22.7. The first-order chi connectivity index (χ1) is 27.5. The van der Waals surface area contributed by atoms with Gasteiger partial charge in [0.15, 0.2) is 18.4 Å². The van der Waals surface area contributed by atoms with Crippen LogP contribution in [0.1, 0.15) is 74.1 Å². The van der Waals surface area contributed by atoms with Gasteiger partial charge < -0.3 is 57.7 Å². The van der Waals surface area contributed by atoms with Crippen molar-refractivity contribution in [2.75, 3.05) is 48.1 Å². The Bertz CT molecular complexity index is 1370. The minimum Gasteiger partial charge on any atom is -0.462 e. The third-order valence-electron chi connectivity index (χ3n) is 12.6. The van der Waals surface area contributed by atoms with Crippen LogP contribution in [0.25, 0.3) is 0 Å². The Balaban J connectivity index is 1.72. The van der Waals surface area contributed by atoms with Gasteiger partial charge in [-0.25, -0.2) is 0 Å². The van der Waals surface area contributed by atoms with Crippen LogP contribution in [0.2, 0.25) is 0 Å². The normalized spacial score (nSPS) is 44.3. The lowest BCUT2D eigenvalue weighted by molar-refractivity contribution is -0.306. The number of hydrogen-bond donors (Lipinski definition) is 2. The van der Waals surface area contributed by atoms with Crippen molar-refractivity contribution in [1.82, 2.24) is 4.90 Å². The molecule has 6 unspecified atom stereocenters. The van der Waals surface area contributed by atoms with E-state index in [-0.39, 0.29) is 49.5 Å². The average molecular weight is 824 g/mol. The van der Waals surface area contributed by atoms with Crippen molar-refractivity contribution in [3.63, 3.8) is 0 Å². The molecule has 332 valence electrons. The monoisotopic (exact) mass is 824 g/mol. The lowest BCUT2D eigenvalue weighted by Crippen LogP contribution is -2.63. The third-order valence-corrected chi connectivity index (χ3v) is 12.6. The number of esters is 1.